The summed E-state index contributed by atoms with van der Waals surface area (Å²) in [7, 11) is 0. The van der Waals surface area contributed by atoms with Crippen LogP contribution in [0.15, 0.2) is 102 Å². The zero-order chi connectivity index (χ0) is 23.9. The van der Waals surface area contributed by atoms with Crippen LogP contribution in [0.5, 0.6) is 0 Å². The summed E-state index contributed by atoms with van der Waals surface area (Å²) in [5.74, 6) is -0.541. The standard InChI is InChI=1S/C28H26FN3O2/c1-21(32-27(33)17-16-26(30-32)24-12-14-25(29)15-13-24)28(34)31(20-23-10-6-3-7-11-23)19-18-22-8-4-2-5-9-22/h2-17,21H,18-20H2,1H3. The maximum atomic E-state index is 13.6. The molecule has 0 N–H and O–H groups in total. The smallest absolute Gasteiger partial charge is 0.267 e. The fourth-order valence-corrected chi connectivity index (χ4v) is 3.83. The Morgan fingerprint density at radius 2 is 1.50 bits per heavy atom. The van der Waals surface area contributed by atoms with Crippen molar-refractivity contribution < 1.29 is 9.18 Å². The van der Waals surface area contributed by atoms with Gasteiger partial charge in [-0.15, -0.1) is 0 Å². The molecule has 0 saturated heterocycles. The Labute approximate surface area is 198 Å². The van der Waals surface area contributed by atoms with Crippen molar-refractivity contribution in [3.05, 3.63) is 124 Å². The van der Waals surface area contributed by atoms with Gasteiger partial charge in [-0.25, -0.2) is 9.07 Å². The highest BCUT2D eigenvalue weighted by atomic mass is 19.1. The average Bonchev–Trinajstić information content (AvgIpc) is 2.88. The Hall–Kier alpha value is -4.06. The van der Waals surface area contributed by atoms with E-state index in [-0.39, 0.29) is 17.3 Å². The fourth-order valence-electron chi connectivity index (χ4n) is 3.83. The molecule has 1 unspecified atom stereocenters. The van der Waals surface area contributed by atoms with Crippen LogP contribution in [0.1, 0.15) is 24.1 Å². The highest BCUT2D eigenvalue weighted by Gasteiger charge is 2.24. The number of hydrogen-bond acceptors (Lipinski definition) is 3. The maximum Gasteiger partial charge on any atom is 0.267 e. The van der Waals surface area contributed by atoms with E-state index in [0.29, 0.717) is 30.8 Å². The van der Waals surface area contributed by atoms with Crippen LogP contribution in [0.3, 0.4) is 0 Å². The molecule has 0 saturated carbocycles. The van der Waals surface area contributed by atoms with Gasteiger partial charge in [0.1, 0.15) is 11.9 Å². The first-order valence-corrected chi connectivity index (χ1v) is 11.2. The summed E-state index contributed by atoms with van der Waals surface area (Å²) in [6, 6.07) is 27.8. The molecule has 172 valence electrons. The quantitative estimate of drug-likeness (QED) is 0.380. The van der Waals surface area contributed by atoms with E-state index in [1.807, 2.05) is 60.7 Å². The van der Waals surface area contributed by atoms with E-state index < -0.39 is 6.04 Å². The minimum Gasteiger partial charge on any atom is -0.336 e. The van der Waals surface area contributed by atoms with Crippen LogP contribution in [-0.4, -0.2) is 27.1 Å². The van der Waals surface area contributed by atoms with Gasteiger partial charge in [0.05, 0.1) is 5.69 Å². The highest BCUT2D eigenvalue weighted by Crippen LogP contribution is 2.18. The topological polar surface area (TPSA) is 55.2 Å². The van der Waals surface area contributed by atoms with E-state index in [1.165, 1.54) is 22.9 Å². The largest absolute Gasteiger partial charge is 0.336 e. The van der Waals surface area contributed by atoms with Crippen LogP contribution in [0.4, 0.5) is 4.39 Å². The van der Waals surface area contributed by atoms with Crippen molar-refractivity contribution in [1.82, 2.24) is 14.7 Å². The first-order chi connectivity index (χ1) is 16.5. The Kier molecular flexibility index (Phi) is 7.28. The summed E-state index contributed by atoms with van der Waals surface area (Å²) in [5.41, 5.74) is 2.94. The number of benzene rings is 3. The monoisotopic (exact) mass is 455 g/mol. The Morgan fingerprint density at radius 3 is 2.15 bits per heavy atom. The van der Waals surface area contributed by atoms with Gasteiger partial charge in [0, 0.05) is 24.7 Å². The molecule has 1 aromatic heterocycles. The van der Waals surface area contributed by atoms with Gasteiger partial charge in [0.15, 0.2) is 0 Å². The third kappa shape index (κ3) is 5.64. The normalized spacial score (nSPS) is 11.7. The van der Waals surface area contributed by atoms with E-state index in [4.69, 9.17) is 0 Å². The summed E-state index contributed by atoms with van der Waals surface area (Å²) < 4.78 is 14.5. The van der Waals surface area contributed by atoms with Gasteiger partial charge in [-0.1, -0.05) is 60.7 Å². The lowest BCUT2D eigenvalue weighted by molar-refractivity contribution is -0.135. The van der Waals surface area contributed by atoms with Crippen LogP contribution in [-0.2, 0) is 17.8 Å². The van der Waals surface area contributed by atoms with Crippen molar-refractivity contribution in [3.63, 3.8) is 0 Å². The number of halogens is 1. The second kappa shape index (κ2) is 10.7. The molecule has 1 atom stereocenters. The summed E-state index contributed by atoms with van der Waals surface area (Å²) in [5, 5.41) is 4.44. The van der Waals surface area contributed by atoms with Gasteiger partial charge < -0.3 is 4.90 Å². The van der Waals surface area contributed by atoms with Crippen molar-refractivity contribution in [3.8, 4) is 11.3 Å². The zero-order valence-corrected chi connectivity index (χ0v) is 19.0. The number of carbonyl (C=O) groups excluding carboxylic acids is 1. The van der Waals surface area contributed by atoms with Crippen LogP contribution in [0, 0.1) is 5.82 Å². The van der Waals surface area contributed by atoms with Crippen molar-refractivity contribution in [2.75, 3.05) is 6.54 Å². The van der Waals surface area contributed by atoms with Crippen molar-refractivity contribution >= 4 is 5.91 Å². The number of hydrogen-bond donors (Lipinski definition) is 0. The predicted octanol–water partition coefficient (Wildman–Crippen LogP) is 4.88. The summed E-state index contributed by atoms with van der Waals surface area (Å²) in [4.78, 5) is 28.0. The van der Waals surface area contributed by atoms with E-state index >= 15 is 0 Å². The molecule has 1 heterocycles. The molecule has 4 aromatic rings. The third-order valence-corrected chi connectivity index (χ3v) is 5.73. The van der Waals surface area contributed by atoms with Gasteiger partial charge in [-0.05, 0) is 54.8 Å². The summed E-state index contributed by atoms with van der Waals surface area (Å²) in [6.45, 7) is 2.63. The molecule has 6 heteroatoms. The minimum absolute atomic E-state index is 0.189. The Bertz CT molecular complexity index is 1290. The van der Waals surface area contributed by atoms with Crippen LogP contribution < -0.4 is 5.56 Å². The lowest BCUT2D eigenvalue weighted by Crippen LogP contribution is -2.40. The number of rotatable bonds is 8. The minimum atomic E-state index is -0.799. The molecule has 1 amide bonds. The first kappa shape index (κ1) is 23.1. The van der Waals surface area contributed by atoms with E-state index in [9.17, 15) is 14.0 Å². The average molecular weight is 456 g/mol. The SMILES string of the molecule is CC(C(=O)N(CCc1ccccc1)Cc1ccccc1)n1nc(-c2ccc(F)cc2)ccc1=O. The molecule has 4 rings (SSSR count). The molecule has 0 aliphatic heterocycles. The highest BCUT2D eigenvalue weighted by molar-refractivity contribution is 5.80. The predicted molar refractivity (Wildman–Crippen MR) is 131 cm³/mol. The van der Waals surface area contributed by atoms with Crippen LogP contribution >= 0.6 is 0 Å². The number of carbonyl (C=O) groups is 1. The lowest BCUT2D eigenvalue weighted by atomic mass is 10.1. The van der Waals surface area contributed by atoms with Gasteiger partial charge in [0.25, 0.3) is 5.56 Å². The van der Waals surface area contributed by atoms with Crippen LogP contribution in [0.25, 0.3) is 11.3 Å². The van der Waals surface area contributed by atoms with Gasteiger partial charge >= 0.3 is 0 Å². The fraction of sp³-hybridized carbons (Fsp3) is 0.179. The molecule has 0 aliphatic carbocycles. The summed E-state index contributed by atoms with van der Waals surface area (Å²) >= 11 is 0. The molecule has 0 bridgehead atoms. The second-order valence-corrected chi connectivity index (χ2v) is 8.17. The Morgan fingerprint density at radius 1 is 0.882 bits per heavy atom. The molecular weight excluding hydrogens is 429 g/mol. The van der Waals surface area contributed by atoms with Crippen LogP contribution in [0.2, 0.25) is 0 Å². The van der Waals surface area contributed by atoms with E-state index in [0.717, 1.165) is 11.1 Å². The van der Waals surface area contributed by atoms with Crippen molar-refractivity contribution in [2.45, 2.75) is 25.9 Å². The van der Waals surface area contributed by atoms with Gasteiger partial charge in [0.2, 0.25) is 5.91 Å². The molecule has 3 aromatic carbocycles. The zero-order valence-electron chi connectivity index (χ0n) is 19.0. The van der Waals surface area contributed by atoms with E-state index in [2.05, 4.69) is 5.10 Å². The molecule has 0 fully saturated rings. The van der Waals surface area contributed by atoms with Crippen molar-refractivity contribution in [1.29, 1.82) is 0 Å². The maximum absolute atomic E-state index is 13.6. The second-order valence-electron chi connectivity index (χ2n) is 8.17. The van der Waals surface area contributed by atoms with Crippen molar-refractivity contribution in [2.24, 2.45) is 0 Å². The van der Waals surface area contributed by atoms with Gasteiger partial charge in [-0.2, -0.15) is 5.10 Å². The first-order valence-electron chi connectivity index (χ1n) is 11.2. The van der Waals surface area contributed by atoms with E-state index in [1.54, 1.807) is 30.0 Å². The Balaban J connectivity index is 1.60. The molecular formula is C28H26FN3O2. The number of amides is 1. The van der Waals surface area contributed by atoms with Gasteiger partial charge in [-0.3, -0.25) is 9.59 Å². The number of aromatic nitrogens is 2. The molecule has 0 radical (unpaired) electrons. The number of nitrogens with zero attached hydrogens (tertiary/aromatic N) is 3. The third-order valence-electron chi connectivity index (χ3n) is 5.73. The molecule has 5 nitrogen and oxygen atoms in total. The molecule has 0 spiro atoms. The summed E-state index contributed by atoms with van der Waals surface area (Å²) in [6.07, 6.45) is 0.698. The lowest BCUT2D eigenvalue weighted by Gasteiger charge is -2.26. The molecule has 0 aliphatic rings. The molecule has 34 heavy (non-hydrogen) atoms.